The zero-order chi connectivity index (χ0) is 16.8. The van der Waals surface area contributed by atoms with Crippen molar-refractivity contribution in [1.29, 1.82) is 0 Å². The maximum Gasteiger partial charge on any atom is 0.243 e. The normalized spacial score (nSPS) is 23.1. The lowest BCUT2D eigenvalue weighted by Crippen LogP contribution is -2.52. The van der Waals surface area contributed by atoms with Crippen molar-refractivity contribution in [3.8, 4) is 0 Å². The summed E-state index contributed by atoms with van der Waals surface area (Å²) in [4.78, 5) is 15.8. The molecule has 0 aromatic heterocycles. The summed E-state index contributed by atoms with van der Waals surface area (Å²) in [5, 5.41) is 0. The summed E-state index contributed by atoms with van der Waals surface area (Å²) in [6, 6.07) is 5.08. The van der Waals surface area contributed by atoms with E-state index >= 15 is 0 Å². The fourth-order valence-electron chi connectivity index (χ4n) is 3.48. The van der Waals surface area contributed by atoms with Gasteiger partial charge in [-0.2, -0.15) is 4.31 Å². The summed E-state index contributed by atoms with van der Waals surface area (Å²) in [7, 11) is -1.48. The van der Waals surface area contributed by atoms with Crippen molar-refractivity contribution in [3.05, 3.63) is 23.8 Å². The molecule has 1 aromatic carbocycles. The molecule has 1 fully saturated rings. The molecule has 0 radical (unpaired) electrons. The van der Waals surface area contributed by atoms with Crippen LogP contribution in [0.25, 0.3) is 0 Å². The van der Waals surface area contributed by atoms with E-state index in [1.165, 1.54) is 6.92 Å². The Balaban J connectivity index is 1.92. The lowest BCUT2D eigenvalue weighted by Gasteiger charge is -2.37. The second-order valence-corrected chi connectivity index (χ2v) is 8.33. The molecule has 2 aliphatic heterocycles. The van der Waals surface area contributed by atoms with Crippen molar-refractivity contribution in [2.24, 2.45) is 0 Å². The summed E-state index contributed by atoms with van der Waals surface area (Å²) in [5.41, 5.74) is 1.77. The van der Waals surface area contributed by atoms with Gasteiger partial charge in [0.1, 0.15) is 0 Å². The van der Waals surface area contributed by atoms with Crippen LogP contribution in [0.2, 0.25) is 0 Å². The van der Waals surface area contributed by atoms with Crippen LogP contribution in [0.3, 0.4) is 0 Å². The average molecular weight is 337 g/mol. The first-order valence-electron chi connectivity index (χ1n) is 7.92. The van der Waals surface area contributed by atoms with Gasteiger partial charge >= 0.3 is 0 Å². The van der Waals surface area contributed by atoms with E-state index in [9.17, 15) is 13.2 Å². The van der Waals surface area contributed by atoms with Gasteiger partial charge in [0.25, 0.3) is 0 Å². The fourth-order valence-corrected chi connectivity index (χ4v) is 5.15. The van der Waals surface area contributed by atoms with E-state index in [1.54, 1.807) is 27.4 Å². The Labute approximate surface area is 137 Å². The zero-order valence-electron chi connectivity index (χ0n) is 13.8. The topological polar surface area (TPSA) is 60.9 Å². The number of rotatable bonds is 2. The number of likely N-dealkylation sites (N-methyl/N-ethyl adjacent to an activating group) is 1. The van der Waals surface area contributed by atoms with E-state index in [4.69, 9.17) is 0 Å². The highest BCUT2D eigenvalue weighted by atomic mass is 32.2. The molecule has 1 atom stereocenters. The van der Waals surface area contributed by atoms with E-state index in [2.05, 4.69) is 4.90 Å². The monoisotopic (exact) mass is 337 g/mol. The third-order valence-corrected chi connectivity index (χ3v) is 6.71. The molecular formula is C16H23N3O3S. The van der Waals surface area contributed by atoms with E-state index in [1.807, 2.05) is 14.0 Å². The molecule has 0 N–H and O–H groups in total. The predicted octanol–water partition coefficient (Wildman–Crippen LogP) is 0.920. The van der Waals surface area contributed by atoms with Crippen molar-refractivity contribution in [2.45, 2.75) is 31.2 Å². The third kappa shape index (κ3) is 2.88. The number of nitrogens with zero attached hydrogens (tertiary/aromatic N) is 3. The first-order chi connectivity index (χ1) is 10.8. The van der Waals surface area contributed by atoms with E-state index in [0.29, 0.717) is 24.4 Å². The molecule has 0 spiro atoms. The fraction of sp³-hybridized carbons (Fsp3) is 0.562. The molecule has 0 bridgehead atoms. The number of amides is 1. The van der Waals surface area contributed by atoms with Crippen LogP contribution in [0.15, 0.2) is 23.1 Å². The van der Waals surface area contributed by atoms with Gasteiger partial charge in [-0.15, -0.1) is 0 Å². The summed E-state index contributed by atoms with van der Waals surface area (Å²) in [6.45, 7) is 6.09. The van der Waals surface area contributed by atoms with Crippen LogP contribution in [0.4, 0.5) is 5.69 Å². The summed E-state index contributed by atoms with van der Waals surface area (Å²) in [5.74, 6) is -0.00736. The molecule has 7 heteroatoms. The number of fused-ring (bicyclic) bond motifs is 1. The smallest absolute Gasteiger partial charge is 0.243 e. The Bertz CT molecular complexity index is 732. The Kier molecular flexibility index (Phi) is 4.20. The van der Waals surface area contributed by atoms with Crippen LogP contribution >= 0.6 is 0 Å². The quantitative estimate of drug-likeness (QED) is 0.805. The van der Waals surface area contributed by atoms with E-state index in [0.717, 1.165) is 24.3 Å². The highest BCUT2D eigenvalue weighted by Crippen LogP contribution is 2.31. The predicted molar refractivity (Wildman–Crippen MR) is 89.0 cm³/mol. The van der Waals surface area contributed by atoms with Gasteiger partial charge < -0.3 is 9.80 Å². The minimum absolute atomic E-state index is 0.00736. The number of benzene rings is 1. The molecule has 1 saturated heterocycles. The van der Waals surface area contributed by atoms with Gasteiger partial charge in [0.15, 0.2) is 0 Å². The highest BCUT2D eigenvalue weighted by molar-refractivity contribution is 7.89. The molecule has 1 amide bonds. The number of carbonyl (C=O) groups excluding carboxylic acids is 1. The molecular weight excluding hydrogens is 314 g/mol. The molecule has 126 valence electrons. The van der Waals surface area contributed by atoms with E-state index < -0.39 is 10.0 Å². The van der Waals surface area contributed by atoms with Gasteiger partial charge in [-0.05, 0) is 44.2 Å². The summed E-state index contributed by atoms with van der Waals surface area (Å²) < 4.78 is 27.5. The summed E-state index contributed by atoms with van der Waals surface area (Å²) >= 11 is 0. The lowest BCUT2D eigenvalue weighted by molar-refractivity contribution is -0.116. The second-order valence-electron chi connectivity index (χ2n) is 6.44. The Morgan fingerprint density at radius 3 is 2.61 bits per heavy atom. The standard InChI is InChI=1S/C16H23N3O3S/c1-12-11-17(3)8-9-19(12)23(21,22)15-4-5-16-14(10-15)6-7-18(16)13(2)20/h4-5,10,12H,6-9,11H2,1-3H3. The molecule has 1 unspecified atom stereocenters. The maximum atomic E-state index is 12.9. The molecule has 6 nitrogen and oxygen atoms in total. The van der Waals surface area contributed by atoms with Crippen molar-refractivity contribution in [1.82, 2.24) is 9.21 Å². The number of piperazine rings is 1. The molecule has 2 heterocycles. The number of carbonyl (C=O) groups is 1. The number of hydrogen-bond acceptors (Lipinski definition) is 4. The van der Waals surface area contributed by atoms with Crippen LogP contribution in [-0.4, -0.2) is 62.8 Å². The van der Waals surface area contributed by atoms with Crippen molar-refractivity contribution in [3.63, 3.8) is 0 Å². The lowest BCUT2D eigenvalue weighted by atomic mass is 10.2. The third-order valence-electron chi connectivity index (χ3n) is 4.70. The van der Waals surface area contributed by atoms with Crippen molar-refractivity contribution in [2.75, 3.05) is 38.1 Å². The Morgan fingerprint density at radius 2 is 1.96 bits per heavy atom. The van der Waals surface area contributed by atoms with Crippen molar-refractivity contribution < 1.29 is 13.2 Å². The van der Waals surface area contributed by atoms with Gasteiger partial charge in [-0.1, -0.05) is 0 Å². The van der Waals surface area contributed by atoms with Crippen LogP contribution < -0.4 is 4.90 Å². The van der Waals surface area contributed by atoms with Crippen LogP contribution in [0, 0.1) is 0 Å². The first kappa shape index (κ1) is 16.4. The highest BCUT2D eigenvalue weighted by Gasteiger charge is 2.33. The Hall–Kier alpha value is -1.44. The Morgan fingerprint density at radius 1 is 1.22 bits per heavy atom. The van der Waals surface area contributed by atoms with Gasteiger partial charge in [0, 0.05) is 44.8 Å². The molecule has 0 saturated carbocycles. The molecule has 23 heavy (non-hydrogen) atoms. The minimum atomic E-state index is -3.49. The van der Waals surface area contributed by atoms with Crippen molar-refractivity contribution >= 4 is 21.6 Å². The largest absolute Gasteiger partial charge is 0.312 e. The van der Waals surface area contributed by atoms with Gasteiger partial charge in [0.2, 0.25) is 15.9 Å². The second kappa shape index (κ2) is 5.89. The number of anilines is 1. The molecule has 0 aliphatic carbocycles. The zero-order valence-corrected chi connectivity index (χ0v) is 14.6. The summed E-state index contributed by atoms with van der Waals surface area (Å²) in [6.07, 6.45) is 0.705. The first-order valence-corrected chi connectivity index (χ1v) is 9.36. The SMILES string of the molecule is CC(=O)N1CCc2cc(S(=O)(=O)N3CCN(C)CC3C)ccc21. The minimum Gasteiger partial charge on any atom is -0.312 e. The number of sulfonamides is 1. The van der Waals surface area contributed by atoms with E-state index in [-0.39, 0.29) is 11.9 Å². The maximum absolute atomic E-state index is 12.9. The van der Waals surface area contributed by atoms with Gasteiger partial charge in [0.05, 0.1) is 4.90 Å². The number of hydrogen-bond donors (Lipinski definition) is 0. The molecule has 2 aliphatic rings. The molecule has 1 aromatic rings. The van der Waals surface area contributed by atoms with Crippen LogP contribution in [0.1, 0.15) is 19.4 Å². The van der Waals surface area contributed by atoms with Gasteiger partial charge in [-0.3, -0.25) is 4.79 Å². The van der Waals surface area contributed by atoms with Crippen LogP contribution in [-0.2, 0) is 21.2 Å². The van der Waals surface area contributed by atoms with Gasteiger partial charge in [-0.25, -0.2) is 8.42 Å². The average Bonchev–Trinajstić information content (AvgIpc) is 2.89. The molecule has 3 rings (SSSR count). The van der Waals surface area contributed by atoms with Crippen LogP contribution in [0.5, 0.6) is 0 Å².